The summed E-state index contributed by atoms with van der Waals surface area (Å²) in [6.45, 7) is 0.913. The van der Waals surface area contributed by atoms with Gasteiger partial charge in [-0.2, -0.15) is 4.31 Å². The lowest BCUT2D eigenvalue weighted by Crippen LogP contribution is -2.42. The van der Waals surface area contributed by atoms with Crippen LogP contribution in [0.15, 0.2) is 35.4 Å². The number of carbonyl (C=O) groups excluding carboxylic acids is 2. The van der Waals surface area contributed by atoms with E-state index in [1.807, 2.05) is 0 Å². The minimum atomic E-state index is -3.68. The molecular weight excluding hydrogens is 420 g/mol. The number of hydrogen-bond acceptors (Lipinski definition) is 5. The van der Waals surface area contributed by atoms with Crippen LogP contribution in [0.4, 0.5) is 0 Å². The maximum Gasteiger partial charge on any atom is 0.286 e. The molecule has 9 nitrogen and oxygen atoms in total. The molecule has 2 heterocycles. The van der Waals surface area contributed by atoms with Crippen molar-refractivity contribution < 1.29 is 23.1 Å². The number of rotatable bonds is 4. The van der Waals surface area contributed by atoms with Crippen molar-refractivity contribution in [1.82, 2.24) is 19.7 Å². The van der Waals surface area contributed by atoms with E-state index in [0.717, 1.165) is 19.3 Å². The lowest BCUT2D eigenvalue weighted by molar-refractivity contribution is 0.0840. The molecule has 0 bridgehead atoms. The molecule has 1 aromatic heterocycles. The number of halogens is 1. The zero-order valence-electron chi connectivity index (χ0n) is 15.7. The smallest absolute Gasteiger partial charge is 0.286 e. The third kappa shape index (κ3) is 4.55. The highest BCUT2D eigenvalue weighted by Gasteiger charge is 2.28. The van der Waals surface area contributed by atoms with Crippen LogP contribution in [0.3, 0.4) is 0 Å². The fraction of sp³-hybridized carbons (Fsp3) is 0.333. The summed E-state index contributed by atoms with van der Waals surface area (Å²) in [5.41, 5.74) is 4.32. The number of phenolic OH excluding ortho intramolecular Hbond substituents is 1. The number of nitrogens with zero attached hydrogens (tertiary/aromatic N) is 2. The van der Waals surface area contributed by atoms with Gasteiger partial charge in [0.05, 0.1) is 5.56 Å². The standard InChI is InChI=1S/C18H21ClN4O5S/c1-22-11-13(29(27,28)23-7-3-2-4-8-23)10-15(22)18(26)21-20-17(25)14-9-12(19)5-6-16(14)24/h5-6,9-11,24H,2-4,7-8H2,1H3,(H,20,25)(H,21,26). The van der Waals surface area contributed by atoms with Gasteiger partial charge in [0.15, 0.2) is 0 Å². The maximum absolute atomic E-state index is 12.8. The van der Waals surface area contributed by atoms with Crippen molar-refractivity contribution in [2.75, 3.05) is 13.1 Å². The maximum atomic E-state index is 12.8. The van der Waals surface area contributed by atoms with Crippen LogP contribution < -0.4 is 10.9 Å². The van der Waals surface area contributed by atoms with E-state index >= 15 is 0 Å². The number of carbonyl (C=O) groups is 2. The summed E-state index contributed by atoms with van der Waals surface area (Å²) in [7, 11) is -2.15. The van der Waals surface area contributed by atoms with Gasteiger partial charge in [-0.1, -0.05) is 18.0 Å². The Morgan fingerprint density at radius 2 is 1.72 bits per heavy atom. The number of sulfonamides is 1. The first-order valence-corrected chi connectivity index (χ1v) is 10.8. The van der Waals surface area contributed by atoms with Crippen LogP contribution in [-0.4, -0.2) is 47.3 Å². The quantitative estimate of drug-likeness (QED) is 0.624. The minimum absolute atomic E-state index is 0.0193. The summed E-state index contributed by atoms with van der Waals surface area (Å²) < 4.78 is 28.3. The summed E-state index contributed by atoms with van der Waals surface area (Å²) in [4.78, 5) is 24.6. The number of hydrazine groups is 1. The summed E-state index contributed by atoms with van der Waals surface area (Å²) in [6.07, 6.45) is 3.98. The average Bonchev–Trinajstić information content (AvgIpc) is 3.11. The molecule has 3 rings (SSSR count). The van der Waals surface area contributed by atoms with Crippen molar-refractivity contribution in [3.05, 3.63) is 46.7 Å². The Bertz CT molecular complexity index is 1040. The molecule has 1 saturated heterocycles. The number of aryl methyl sites for hydroxylation is 1. The largest absolute Gasteiger partial charge is 0.507 e. The molecule has 2 amide bonds. The summed E-state index contributed by atoms with van der Waals surface area (Å²) in [6, 6.07) is 5.20. The Kier molecular flexibility index (Phi) is 6.15. The van der Waals surface area contributed by atoms with E-state index in [2.05, 4.69) is 10.9 Å². The molecule has 29 heavy (non-hydrogen) atoms. The Balaban J connectivity index is 1.72. The van der Waals surface area contributed by atoms with Gasteiger partial charge in [-0.05, 0) is 37.1 Å². The third-order valence-electron chi connectivity index (χ3n) is 4.66. The van der Waals surface area contributed by atoms with E-state index in [1.165, 1.54) is 46.4 Å². The van der Waals surface area contributed by atoms with E-state index in [0.29, 0.717) is 13.1 Å². The second-order valence-electron chi connectivity index (χ2n) is 6.71. The lowest BCUT2D eigenvalue weighted by atomic mass is 10.2. The van der Waals surface area contributed by atoms with Gasteiger partial charge >= 0.3 is 0 Å². The molecule has 156 valence electrons. The minimum Gasteiger partial charge on any atom is -0.507 e. The topological polar surface area (TPSA) is 121 Å². The normalized spacial score (nSPS) is 15.1. The fourth-order valence-electron chi connectivity index (χ4n) is 3.09. The van der Waals surface area contributed by atoms with E-state index in [-0.39, 0.29) is 26.9 Å². The van der Waals surface area contributed by atoms with Crippen molar-refractivity contribution in [2.45, 2.75) is 24.2 Å². The molecule has 0 radical (unpaired) electrons. The molecule has 11 heteroatoms. The van der Waals surface area contributed by atoms with Crippen molar-refractivity contribution in [1.29, 1.82) is 0 Å². The molecule has 0 spiro atoms. The van der Waals surface area contributed by atoms with Crippen LogP contribution in [-0.2, 0) is 17.1 Å². The fourth-order valence-corrected chi connectivity index (χ4v) is 4.85. The molecule has 0 unspecified atom stereocenters. The first-order valence-electron chi connectivity index (χ1n) is 8.96. The van der Waals surface area contributed by atoms with E-state index in [9.17, 15) is 23.1 Å². The first-order chi connectivity index (χ1) is 13.7. The highest BCUT2D eigenvalue weighted by Crippen LogP contribution is 2.23. The second kappa shape index (κ2) is 8.44. The zero-order chi connectivity index (χ0) is 21.2. The molecule has 0 aliphatic carbocycles. The third-order valence-corrected chi connectivity index (χ3v) is 6.76. The molecule has 1 fully saturated rings. The van der Waals surface area contributed by atoms with Crippen LogP contribution in [0.1, 0.15) is 40.1 Å². The van der Waals surface area contributed by atoms with E-state index < -0.39 is 21.8 Å². The molecule has 0 saturated carbocycles. The van der Waals surface area contributed by atoms with Crippen molar-refractivity contribution in [3.63, 3.8) is 0 Å². The summed E-state index contributed by atoms with van der Waals surface area (Å²) in [5, 5.41) is 9.99. The van der Waals surface area contributed by atoms with Gasteiger partial charge < -0.3 is 9.67 Å². The number of aromatic hydroxyl groups is 1. The molecule has 1 aliphatic heterocycles. The molecule has 1 aromatic carbocycles. The Morgan fingerprint density at radius 3 is 2.41 bits per heavy atom. The van der Waals surface area contributed by atoms with E-state index in [4.69, 9.17) is 11.6 Å². The second-order valence-corrected chi connectivity index (χ2v) is 9.08. The van der Waals surface area contributed by atoms with Crippen LogP contribution in [0.25, 0.3) is 0 Å². The van der Waals surface area contributed by atoms with Crippen LogP contribution >= 0.6 is 11.6 Å². The molecule has 3 N–H and O–H groups in total. The predicted octanol–water partition coefficient (Wildman–Crippen LogP) is 1.63. The number of aromatic nitrogens is 1. The van der Waals surface area contributed by atoms with E-state index in [1.54, 1.807) is 0 Å². The highest BCUT2D eigenvalue weighted by atomic mass is 35.5. The first kappa shape index (κ1) is 21.2. The van der Waals surface area contributed by atoms with Gasteiger partial charge in [-0.15, -0.1) is 0 Å². The number of amides is 2. The molecule has 2 aromatic rings. The number of phenols is 1. The summed E-state index contributed by atoms with van der Waals surface area (Å²) >= 11 is 5.81. The van der Waals surface area contributed by atoms with Gasteiger partial charge in [0, 0.05) is 31.4 Å². The highest BCUT2D eigenvalue weighted by molar-refractivity contribution is 7.89. The van der Waals surface area contributed by atoms with Gasteiger partial charge in [-0.3, -0.25) is 20.4 Å². The summed E-state index contributed by atoms with van der Waals surface area (Å²) in [5.74, 6) is -1.77. The monoisotopic (exact) mass is 440 g/mol. The Morgan fingerprint density at radius 1 is 1.07 bits per heavy atom. The molecular formula is C18H21ClN4O5S. The van der Waals surface area contributed by atoms with Crippen molar-refractivity contribution in [2.24, 2.45) is 7.05 Å². The van der Waals surface area contributed by atoms with Crippen molar-refractivity contribution in [3.8, 4) is 5.75 Å². The van der Waals surface area contributed by atoms with Crippen molar-refractivity contribution >= 4 is 33.4 Å². The van der Waals surface area contributed by atoms with Gasteiger partial charge in [0.2, 0.25) is 10.0 Å². The van der Waals surface area contributed by atoms with Gasteiger partial charge in [-0.25, -0.2) is 8.42 Å². The zero-order valence-corrected chi connectivity index (χ0v) is 17.3. The molecule has 0 atom stereocenters. The number of nitrogens with one attached hydrogen (secondary N) is 2. The van der Waals surface area contributed by atoms with Crippen LogP contribution in [0.5, 0.6) is 5.75 Å². The lowest BCUT2D eigenvalue weighted by Gasteiger charge is -2.25. The van der Waals surface area contributed by atoms with Crippen LogP contribution in [0, 0.1) is 0 Å². The Hall–Kier alpha value is -2.56. The predicted molar refractivity (Wildman–Crippen MR) is 106 cm³/mol. The number of piperidine rings is 1. The average molecular weight is 441 g/mol. The number of hydrogen-bond donors (Lipinski definition) is 3. The van der Waals surface area contributed by atoms with Gasteiger partial charge in [0.25, 0.3) is 11.8 Å². The molecule has 1 aliphatic rings. The number of benzene rings is 1. The van der Waals surface area contributed by atoms with Crippen LogP contribution in [0.2, 0.25) is 5.02 Å². The Labute approximate surface area is 173 Å². The van der Waals surface area contributed by atoms with Gasteiger partial charge in [0.1, 0.15) is 16.3 Å². The SMILES string of the molecule is Cn1cc(S(=O)(=O)N2CCCCC2)cc1C(=O)NNC(=O)c1cc(Cl)ccc1O.